The summed E-state index contributed by atoms with van der Waals surface area (Å²) in [5.41, 5.74) is 1.47. The summed E-state index contributed by atoms with van der Waals surface area (Å²) >= 11 is 0. The highest BCUT2D eigenvalue weighted by Gasteiger charge is 2.09. The van der Waals surface area contributed by atoms with E-state index in [2.05, 4.69) is 41.3 Å². The topological polar surface area (TPSA) is 12.5 Å². The van der Waals surface area contributed by atoms with Gasteiger partial charge in [-0.15, -0.1) is 0 Å². The number of unbranched alkanes of at least 4 members (excludes halogenated alkanes) is 1. The molecule has 1 heterocycles. The average molecular weight is 333 g/mol. The monoisotopic (exact) mass is 332 g/mol. The molecule has 0 spiro atoms. The minimum Gasteiger partial charge on any atom is -1.00 e. The van der Waals surface area contributed by atoms with Gasteiger partial charge in [0.1, 0.15) is 5.75 Å². The zero-order valence-corrected chi connectivity index (χ0v) is 14.8. The van der Waals surface area contributed by atoms with E-state index < -0.39 is 0 Å². The number of rotatable bonds is 6. The second kappa shape index (κ2) is 9.14. The zero-order valence-electron chi connectivity index (χ0n) is 14.1. The van der Waals surface area contributed by atoms with Crippen LogP contribution in [0.15, 0.2) is 36.4 Å². The van der Waals surface area contributed by atoms with Gasteiger partial charge in [-0.3, -0.25) is 0 Å². The molecule has 2 nitrogen and oxygen atoms in total. The molecule has 3 heteroatoms. The first-order valence-electron chi connectivity index (χ1n) is 8.65. The number of hydrogen-bond acceptors (Lipinski definition) is 2. The summed E-state index contributed by atoms with van der Waals surface area (Å²) in [6, 6.07) is 13.0. The van der Waals surface area contributed by atoms with Crippen molar-refractivity contribution >= 4 is 10.8 Å². The third-order valence-corrected chi connectivity index (χ3v) is 4.80. The number of halogens is 1. The summed E-state index contributed by atoms with van der Waals surface area (Å²) in [7, 11) is 1.73. The van der Waals surface area contributed by atoms with E-state index in [1.165, 1.54) is 74.5 Å². The molecular weight excluding hydrogens is 306 g/mol. The first kappa shape index (κ1) is 18.1. The maximum atomic E-state index is 5.32. The van der Waals surface area contributed by atoms with Crippen molar-refractivity contribution in [1.29, 1.82) is 0 Å². The first-order valence-corrected chi connectivity index (χ1v) is 8.65. The van der Waals surface area contributed by atoms with Gasteiger partial charge in [0.05, 0.1) is 7.11 Å². The van der Waals surface area contributed by atoms with Crippen LogP contribution in [-0.2, 0) is 6.42 Å². The third kappa shape index (κ3) is 4.86. The van der Waals surface area contributed by atoms with E-state index in [4.69, 9.17) is 4.74 Å². The highest BCUT2D eigenvalue weighted by atomic mass is 35.5. The van der Waals surface area contributed by atoms with Crippen molar-refractivity contribution in [3.63, 3.8) is 0 Å². The predicted molar refractivity (Wildman–Crippen MR) is 93.7 cm³/mol. The Morgan fingerprint density at radius 2 is 1.83 bits per heavy atom. The lowest BCUT2D eigenvalue weighted by molar-refractivity contribution is -0.00000480. The summed E-state index contributed by atoms with van der Waals surface area (Å²) in [4.78, 5) is 2.64. The Balaban J connectivity index is 0.00000192. The molecule has 0 unspecified atom stereocenters. The fraction of sp³-hybridized carbons (Fsp3) is 0.500. The molecule has 0 N–H and O–H groups in total. The molecule has 0 amide bonds. The molecule has 1 saturated heterocycles. The smallest absolute Gasteiger partial charge is 0.119 e. The number of likely N-dealkylation sites (tertiary alicyclic amines) is 1. The molecule has 0 radical (unpaired) electrons. The number of fused-ring (bicyclic) bond motifs is 1. The predicted octanol–water partition coefficient (Wildman–Crippen LogP) is 1.66. The van der Waals surface area contributed by atoms with E-state index in [0.29, 0.717) is 0 Å². The lowest BCUT2D eigenvalue weighted by atomic mass is 9.99. The van der Waals surface area contributed by atoms with Gasteiger partial charge in [-0.05, 0) is 80.2 Å². The largest absolute Gasteiger partial charge is 1.00 e. The van der Waals surface area contributed by atoms with Crippen molar-refractivity contribution in [1.82, 2.24) is 4.90 Å². The van der Waals surface area contributed by atoms with Crippen molar-refractivity contribution in [2.45, 2.75) is 38.5 Å². The Morgan fingerprint density at radius 1 is 1.00 bits per heavy atom. The van der Waals surface area contributed by atoms with Crippen LogP contribution in [-0.4, -0.2) is 31.6 Å². The van der Waals surface area contributed by atoms with Gasteiger partial charge in [-0.1, -0.05) is 30.7 Å². The highest BCUT2D eigenvalue weighted by Crippen LogP contribution is 2.25. The molecule has 1 aliphatic rings. The van der Waals surface area contributed by atoms with Crippen LogP contribution in [0.4, 0.5) is 0 Å². The fourth-order valence-corrected chi connectivity index (χ4v) is 3.51. The van der Waals surface area contributed by atoms with Gasteiger partial charge in [0.15, 0.2) is 0 Å². The standard InChI is InChI=1S/C20H27NO.ClH/c1-22-19-11-12-20-17(9-7-10-18(20)16-19)8-3-6-15-21-13-4-2-5-14-21;/h7,9-12,16H,2-6,8,13-15H2,1H3;1H/p-1. The molecular formula is C20H27ClNO-. The Labute approximate surface area is 146 Å². The van der Waals surface area contributed by atoms with Crippen LogP contribution in [0.2, 0.25) is 0 Å². The van der Waals surface area contributed by atoms with Crippen molar-refractivity contribution < 1.29 is 17.1 Å². The van der Waals surface area contributed by atoms with Gasteiger partial charge in [0.25, 0.3) is 0 Å². The molecule has 23 heavy (non-hydrogen) atoms. The zero-order chi connectivity index (χ0) is 15.2. The van der Waals surface area contributed by atoms with E-state index in [1.807, 2.05) is 0 Å². The highest BCUT2D eigenvalue weighted by molar-refractivity contribution is 5.87. The van der Waals surface area contributed by atoms with Crippen molar-refractivity contribution in [3.05, 3.63) is 42.0 Å². The van der Waals surface area contributed by atoms with Gasteiger partial charge in [-0.2, -0.15) is 0 Å². The van der Waals surface area contributed by atoms with Gasteiger partial charge in [0, 0.05) is 0 Å². The summed E-state index contributed by atoms with van der Waals surface area (Å²) < 4.78 is 5.32. The molecule has 1 aliphatic heterocycles. The molecule has 0 aliphatic carbocycles. The van der Waals surface area contributed by atoms with E-state index >= 15 is 0 Å². The Kier molecular flexibility index (Phi) is 7.19. The molecule has 2 aromatic rings. The lowest BCUT2D eigenvalue weighted by Gasteiger charge is -2.26. The molecule has 0 aromatic heterocycles. The van der Waals surface area contributed by atoms with Crippen LogP contribution in [0.5, 0.6) is 5.75 Å². The van der Waals surface area contributed by atoms with Gasteiger partial charge in [0.2, 0.25) is 0 Å². The Bertz CT molecular complexity index is 608. The van der Waals surface area contributed by atoms with Crippen molar-refractivity contribution in [2.75, 3.05) is 26.7 Å². The van der Waals surface area contributed by atoms with Gasteiger partial charge in [-0.25, -0.2) is 0 Å². The molecule has 0 bridgehead atoms. The van der Waals surface area contributed by atoms with Crippen LogP contribution in [0.3, 0.4) is 0 Å². The quantitative estimate of drug-likeness (QED) is 0.746. The summed E-state index contributed by atoms with van der Waals surface area (Å²) in [6.45, 7) is 3.90. The summed E-state index contributed by atoms with van der Waals surface area (Å²) in [5, 5.41) is 2.66. The number of piperidine rings is 1. The minimum absolute atomic E-state index is 0. The first-order chi connectivity index (χ1) is 10.9. The summed E-state index contributed by atoms with van der Waals surface area (Å²) in [5.74, 6) is 0.940. The van der Waals surface area contributed by atoms with Gasteiger partial charge >= 0.3 is 0 Å². The molecule has 0 atom stereocenters. The second-order valence-corrected chi connectivity index (χ2v) is 6.36. The molecule has 0 saturated carbocycles. The number of nitrogens with zero attached hydrogens (tertiary/aromatic N) is 1. The van der Waals surface area contributed by atoms with Crippen LogP contribution >= 0.6 is 0 Å². The maximum absolute atomic E-state index is 5.32. The van der Waals surface area contributed by atoms with E-state index in [0.717, 1.165) is 5.75 Å². The number of ether oxygens (including phenoxy) is 1. The number of aryl methyl sites for hydroxylation is 1. The summed E-state index contributed by atoms with van der Waals surface area (Å²) in [6.07, 6.45) is 7.98. The maximum Gasteiger partial charge on any atom is 0.119 e. The molecule has 126 valence electrons. The third-order valence-electron chi connectivity index (χ3n) is 4.80. The number of methoxy groups -OCH3 is 1. The van der Waals surface area contributed by atoms with Crippen molar-refractivity contribution in [3.8, 4) is 5.75 Å². The number of benzene rings is 2. The average Bonchev–Trinajstić information content (AvgIpc) is 2.59. The number of hydrogen-bond donors (Lipinski definition) is 0. The van der Waals surface area contributed by atoms with Gasteiger partial charge < -0.3 is 22.0 Å². The molecule has 3 rings (SSSR count). The Morgan fingerprint density at radius 3 is 2.61 bits per heavy atom. The van der Waals surface area contributed by atoms with E-state index in [1.54, 1.807) is 7.11 Å². The van der Waals surface area contributed by atoms with E-state index in [9.17, 15) is 0 Å². The van der Waals surface area contributed by atoms with Crippen LogP contribution in [0.25, 0.3) is 10.8 Å². The SMILES string of the molecule is COc1ccc2c(CCCCN3CCCCC3)cccc2c1.[Cl-]. The van der Waals surface area contributed by atoms with Crippen LogP contribution < -0.4 is 17.1 Å². The minimum atomic E-state index is 0. The van der Waals surface area contributed by atoms with E-state index in [-0.39, 0.29) is 12.4 Å². The fourth-order valence-electron chi connectivity index (χ4n) is 3.51. The molecule has 1 fully saturated rings. The molecule has 2 aromatic carbocycles. The van der Waals surface area contributed by atoms with Crippen molar-refractivity contribution in [2.24, 2.45) is 0 Å². The van der Waals surface area contributed by atoms with Crippen LogP contribution in [0, 0.1) is 0 Å². The Hall–Kier alpha value is -1.25. The second-order valence-electron chi connectivity index (χ2n) is 6.36. The lowest BCUT2D eigenvalue weighted by Crippen LogP contribution is -3.00. The van der Waals surface area contributed by atoms with Crippen LogP contribution in [0.1, 0.15) is 37.7 Å². The normalized spacial score (nSPS) is 15.3.